The zero-order valence-electron chi connectivity index (χ0n) is 14.0. The van der Waals surface area contributed by atoms with Crippen molar-refractivity contribution >= 4 is 41.5 Å². The van der Waals surface area contributed by atoms with Crippen molar-refractivity contribution in [3.8, 4) is 11.4 Å². The summed E-state index contributed by atoms with van der Waals surface area (Å²) in [5.41, 5.74) is 6.97. The Kier molecular flexibility index (Phi) is 7.95. The van der Waals surface area contributed by atoms with Gasteiger partial charge in [0.2, 0.25) is 11.7 Å². The first kappa shape index (κ1) is 20.0. The number of benzene rings is 1. The molecular weight excluding hydrogens is 453 g/mol. The maximum atomic E-state index is 6.09. The highest BCUT2D eigenvalue weighted by molar-refractivity contribution is 14.0. The van der Waals surface area contributed by atoms with Gasteiger partial charge in [0.15, 0.2) is 5.96 Å². The van der Waals surface area contributed by atoms with E-state index in [9.17, 15) is 0 Å². The van der Waals surface area contributed by atoms with E-state index >= 15 is 0 Å². The van der Waals surface area contributed by atoms with E-state index in [-0.39, 0.29) is 24.0 Å². The Labute approximate surface area is 169 Å². The Morgan fingerprint density at radius 2 is 1.84 bits per heavy atom. The lowest BCUT2D eigenvalue weighted by Crippen LogP contribution is -2.38. The molecule has 2 N–H and O–H groups in total. The van der Waals surface area contributed by atoms with Crippen molar-refractivity contribution < 1.29 is 4.52 Å². The molecule has 6 nitrogen and oxygen atoms in total. The van der Waals surface area contributed by atoms with Gasteiger partial charge in [0.1, 0.15) is 0 Å². The number of likely N-dealkylation sites (tertiary alicyclic amines) is 1. The second kappa shape index (κ2) is 9.96. The van der Waals surface area contributed by atoms with E-state index in [0.29, 0.717) is 35.7 Å². The lowest BCUT2D eigenvalue weighted by Gasteiger charge is -2.20. The van der Waals surface area contributed by atoms with Crippen LogP contribution in [0.25, 0.3) is 11.4 Å². The fourth-order valence-electron chi connectivity index (χ4n) is 2.74. The molecule has 8 heteroatoms. The molecule has 2 heterocycles. The summed E-state index contributed by atoms with van der Waals surface area (Å²) in [4.78, 5) is 11.0. The highest BCUT2D eigenvalue weighted by Gasteiger charge is 2.11. The number of halogens is 2. The molecule has 0 saturated carbocycles. The van der Waals surface area contributed by atoms with E-state index in [1.807, 2.05) is 12.1 Å². The summed E-state index contributed by atoms with van der Waals surface area (Å²) in [7, 11) is 0. The molecule has 136 valence electrons. The fraction of sp³-hybridized carbons (Fsp3) is 0.471. The maximum Gasteiger partial charge on any atom is 0.228 e. The highest BCUT2D eigenvalue weighted by atomic mass is 127. The van der Waals surface area contributed by atoms with Crippen molar-refractivity contribution in [3.05, 3.63) is 35.2 Å². The predicted octanol–water partition coefficient (Wildman–Crippen LogP) is 3.74. The minimum Gasteiger partial charge on any atom is -0.370 e. The van der Waals surface area contributed by atoms with Crippen LogP contribution in [0.3, 0.4) is 0 Å². The van der Waals surface area contributed by atoms with Gasteiger partial charge in [-0.15, -0.1) is 24.0 Å². The number of rotatable bonds is 4. The van der Waals surface area contributed by atoms with E-state index in [1.54, 1.807) is 12.1 Å². The Bertz CT molecular complexity index is 681. The fourth-order valence-corrected chi connectivity index (χ4v) is 2.86. The van der Waals surface area contributed by atoms with Crippen LogP contribution in [0.15, 0.2) is 33.8 Å². The highest BCUT2D eigenvalue weighted by Crippen LogP contribution is 2.18. The Morgan fingerprint density at radius 1 is 1.16 bits per heavy atom. The number of nitrogens with two attached hydrogens (primary N) is 1. The van der Waals surface area contributed by atoms with Crippen molar-refractivity contribution in [3.63, 3.8) is 0 Å². The van der Waals surface area contributed by atoms with Gasteiger partial charge in [-0.3, -0.25) is 4.99 Å². The van der Waals surface area contributed by atoms with Crippen LogP contribution in [0.4, 0.5) is 0 Å². The van der Waals surface area contributed by atoms with Crippen LogP contribution in [0.5, 0.6) is 0 Å². The lowest BCUT2D eigenvalue weighted by molar-refractivity contribution is 0.379. The molecule has 25 heavy (non-hydrogen) atoms. The molecule has 1 aliphatic heterocycles. The molecule has 1 saturated heterocycles. The first-order valence-corrected chi connectivity index (χ1v) is 8.73. The molecule has 0 atom stereocenters. The van der Waals surface area contributed by atoms with Gasteiger partial charge in [-0.1, -0.05) is 29.6 Å². The molecule has 1 aromatic carbocycles. The topological polar surface area (TPSA) is 80.5 Å². The summed E-state index contributed by atoms with van der Waals surface area (Å²) in [6.07, 6.45) is 5.50. The molecule has 0 spiro atoms. The van der Waals surface area contributed by atoms with E-state index in [0.717, 1.165) is 18.7 Å². The zero-order valence-corrected chi connectivity index (χ0v) is 17.1. The van der Waals surface area contributed by atoms with Gasteiger partial charge in [0, 0.05) is 30.1 Å². The maximum absolute atomic E-state index is 6.09. The molecule has 0 unspecified atom stereocenters. The van der Waals surface area contributed by atoms with Crippen LogP contribution in [0.1, 0.15) is 31.6 Å². The van der Waals surface area contributed by atoms with Gasteiger partial charge in [-0.25, -0.2) is 0 Å². The largest absolute Gasteiger partial charge is 0.370 e. The summed E-state index contributed by atoms with van der Waals surface area (Å²) in [5.74, 6) is 1.74. The zero-order chi connectivity index (χ0) is 16.8. The second-order valence-corrected chi connectivity index (χ2v) is 6.35. The molecule has 0 amide bonds. The third kappa shape index (κ3) is 5.85. The van der Waals surface area contributed by atoms with Gasteiger partial charge in [0.25, 0.3) is 0 Å². The van der Waals surface area contributed by atoms with Crippen LogP contribution < -0.4 is 5.73 Å². The predicted molar refractivity (Wildman–Crippen MR) is 110 cm³/mol. The van der Waals surface area contributed by atoms with Gasteiger partial charge in [-0.2, -0.15) is 4.98 Å². The number of hydrogen-bond acceptors (Lipinski definition) is 4. The average Bonchev–Trinajstić information content (AvgIpc) is 2.89. The number of hydrogen-bond donors (Lipinski definition) is 1. The van der Waals surface area contributed by atoms with Gasteiger partial charge >= 0.3 is 0 Å². The molecule has 1 aliphatic rings. The Hall–Kier alpha value is -1.35. The van der Waals surface area contributed by atoms with Crippen molar-refractivity contribution in [2.45, 2.75) is 32.1 Å². The molecule has 3 rings (SSSR count). The Morgan fingerprint density at radius 3 is 2.52 bits per heavy atom. The number of aliphatic imine (C=N–C) groups is 1. The normalized spacial score (nSPS) is 15.6. The summed E-state index contributed by atoms with van der Waals surface area (Å²) in [6.45, 7) is 2.54. The monoisotopic (exact) mass is 475 g/mol. The van der Waals surface area contributed by atoms with Gasteiger partial charge in [-0.05, 0) is 37.1 Å². The van der Waals surface area contributed by atoms with Crippen molar-refractivity contribution in [1.29, 1.82) is 0 Å². The van der Waals surface area contributed by atoms with E-state index in [4.69, 9.17) is 21.9 Å². The lowest BCUT2D eigenvalue weighted by atomic mass is 10.2. The molecule has 1 aromatic heterocycles. The molecule has 2 aromatic rings. The minimum atomic E-state index is 0. The van der Waals surface area contributed by atoms with E-state index in [2.05, 4.69) is 20.0 Å². The van der Waals surface area contributed by atoms with E-state index in [1.165, 1.54) is 25.7 Å². The third-order valence-electron chi connectivity index (χ3n) is 4.10. The quantitative estimate of drug-likeness (QED) is 0.414. The van der Waals surface area contributed by atoms with Crippen LogP contribution in [0.2, 0.25) is 5.02 Å². The van der Waals surface area contributed by atoms with E-state index < -0.39 is 0 Å². The molecule has 1 fully saturated rings. The first-order valence-electron chi connectivity index (χ1n) is 8.36. The average molecular weight is 476 g/mol. The van der Waals surface area contributed by atoms with Crippen molar-refractivity contribution in [1.82, 2.24) is 15.0 Å². The SMILES string of the molecule is I.NC(=NCCc1nc(-c2ccc(Cl)cc2)no1)N1CCCCCC1. The minimum absolute atomic E-state index is 0. The number of guanidine groups is 1. The van der Waals surface area contributed by atoms with Gasteiger partial charge < -0.3 is 15.2 Å². The van der Waals surface area contributed by atoms with Crippen LogP contribution in [0, 0.1) is 0 Å². The standard InChI is InChI=1S/C17H22ClN5O.HI/c18-14-7-5-13(6-8-14)16-21-15(24-22-16)9-10-20-17(19)23-11-3-1-2-4-12-23;/h5-8H,1-4,9-12H2,(H2,19,20);1H. The number of nitrogens with zero attached hydrogens (tertiary/aromatic N) is 4. The van der Waals surface area contributed by atoms with Crippen molar-refractivity contribution in [2.75, 3.05) is 19.6 Å². The molecular formula is C17H23ClIN5O. The second-order valence-electron chi connectivity index (χ2n) is 5.91. The number of aromatic nitrogens is 2. The van der Waals surface area contributed by atoms with Crippen LogP contribution in [-0.4, -0.2) is 40.6 Å². The summed E-state index contributed by atoms with van der Waals surface area (Å²) < 4.78 is 5.28. The van der Waals surface area contributed by atoms with Gasteiger partial charge in [0.05, 0.1) is 6.54 Å². The summed E-state index contributed by atoms with van der Waals surface area (Å²) in [5, 5.41) is 4.68. The molecule has 0 aliphatic carbocycles. The van der Waals surface area contributed by atoms with Crippen molar-refractivity contribution in [2.24, 2.45) is 10.7 Å². The molecule has 0 radical (unpaired) electrons. The smallest absolute Gasteiger partial charge is 0.228 e. The molecule has 0 bridgehead atoms. The first-order chi connectivity index (χ1) is 11.7. The Balaban J connectivity index is 0.00000225. The summed E-state index contributed by atoms with van der Waals surface area (Å²) in [6, 6.07) is 7.34. The third-order valence-corrected chi connectivity index (χ3v) is 4.35. The van der Waals surface area contributed by atoms with Crippen LogP contribution >= 0.6 is 35.6 Å². The summed E-state index contributed by atoms with van der Waals surface area (Å²) >= 11 is 5.88. The van der Waals surface area contributed by atoms with Crippen LogP contribution in [-0.2, 0) is 6.42 Å².